The molecule has 0 saturated heterocycles. The Morgan fingerprint density at radius 2 is 2.10 bits per heavy atom. The second-order valence-electron chi connectivity index (χ2n) is 5.69. The molecule has 1 aromatic heterocycles. The molecule has 5 nitrogen and oxygen atoms in total. The van der Waals surface area contributed by atoms with Crippen molar-refractivity contribution >= 4 is 17.0 Å². The van der Waals surface area contributed by atoms with Crippen molar-refractivity contribution in [3.05, 3.63) is 30.1 Å². The Kier molecular flexibility index (Phi) is 4.09. The Morgan fingerprint density at radius 3 is 2.75 bits per heavy atom. The van der Waals surface area contributed by atoms with Crippen molar-refractivity contribution in [2.24, 2.45) is 12.5 Å². The van der Waals surface area contributed by atoms with Gasteiger partial charge in [-0.25, -0.2) is 4.98 Å². The highest BCUT2D eigenvalue weighted by molar-refractivity contribution is 5.75. The highest BCUT2D eigenvalue weighted by Crippen LogP contribution is 2.19. The van der Waals surface area contributed by atoms with Crippen LogP contribution in [-0.2, 0) is 18.4 Å². The maximum absolute atomic E-state index is 11.0. The molecule has 0 radical (unpaired) electrons. The molecule has 0 aliphatic rings. The minimum Gasteiger partial charge on any atom is -0.481 e. The number of aliphatic carboxylic acids is 1. The third-order valence-corrected chi connectivity index (χ3v) is 3.67. The first-order valence-electron chi connectivity index (χ1n) is 6.76. The summed E-state index contributed by atoms with van der Waals surface area (Å²) in [5.74, 6) is 0.196. The van der Waals surface area contributed by atoms with E-state index in [4.69, 9.17) is 5.11 Å². The van der Waals surface area contributed by atoms with E-state index in [1.807, 2.05) is 31.3 Å². The van der Waals surface area contributed by atoms with Crippen LogP contribution >= 0.6 is 0 Å². The average molecular weight is 275 g/mol. The Bertz CT molecular complexity index is 617. The first kappa shape index (κ1) is 14.5. The Morgan fingerprint density at radius 1 is 1.40 bits per heavy atom. The number of benzene rings is 1. The van der Waals surface area contributed by atoms with E-state index < -0.39 is 11.4 Å². The summed E-state index contributed by atoms with van der Waals surface area (Å²) in [6, 6.07) is 8.00. The van der Waals surface area contributed by atoms with E-state index in [2.05, 4.69) is 14.9 Å². The molecule has 5 heteroatoms. The zero-order valence-corrected chi connectivity index (χ0v) is 12.2. The summed E-state index contributed by atoms with van der Waals surface area (Å²) in [6.45, 7) is 4.78. The maximum Gasteiger partial charge on any atom is 0.309 e. The van der Waals surface area contributed by atoms with Gasteiger partial charge in [-0.3, -0.25) is 4.79 Å². The van der Waals surface area contributed by atoms with Crippen LogP contribution in [0.25, 0.3) is 11.0 Å². The van der Waals surface area contributed by atoms with Gasteiger partial charge in [0.05, 0.1) is 23.0 Å². The predicted octanol–water partition coefficient (Wildman–Crippen LogP) is 2.16. The molecule has 0 atom stereocenters. The molecule has 1 aromatic carbocycles. The summed E-state index contributed by atoms with van der Waals surface area (Å²) in [7, 11) is 1.99. The average Bonchev–Trinajstić information content (AvgIpc) is 2.72. The lowest BCUT2D eigenvalue weighted by atomic mass is 9.90. The number of fused-ring (bicyclic) bond motifs is 1. The number of carboxylic acid groups (broad SMARTS) is 1. The number of carbonyl (C=O) groups is 1. The van der Waals surface area contributed by atoms with E-state index in [0.29, 0.717) is 19.5 Å². The van der Waals surface area contributed by atoms with Crippen LogP contribution in [0.5, 0.6) is 0 Å². The number of para-hydroxylation sites is 2. The van der Waals surface area contributed by atoms with Crippen LogP contribution in [0, 0.1) is 5.41 Å². The number of imidazole rings is 1. The van der Waals surface area contributed by atoms with E-state index in [1.165, 1.54) is 0 Å². The summed E-state index contributed by atoms with van der Waals surface area (Å²) < 4.78 is 2.06. The highest BCUT2D eigenvalue weighted by atomic mass is 16.4. The second kappa shape index (κ2) is 5.63. The largest absolute Gasteiger partial charge is 0.481 e. The maximum atomic E-state index is 11.0. The Hall–Kier alpha value is -1.88. The third kappa shape index (κ3) is 2.99. The summed E-state index contributed by atoms with van der Waals surface area (Å²) in [6.07, 6.45) is 0.590. The van der Waals surface area contributed by atoms with Gasteiger partial charge in [-0.05, 0) is 38.9 Å². The molecule has 0 fully saturated rings. The van der Waals surface area contributed by atoms with Gasteiger partial charge in [0.2, 0.25) is 0 Å². The van der Waals surface area contributed by atoms with Crippen molar-refractivity contribution in [2.45, 2.75) is 26.8 Å². The number of carboxylic acids is 1. The van der Waals surface area contributed by atoms with Gasteiger partial charge in [0.25, 0.3) is 0 Å². The summed E-state index contributed by atoms with van der Waals surface area (Å²) >= 11 is 0. The molecule has 2 N–H and O–H groups in total. The molecule has 2 aromatic rings. The first-order chi connectivity index (χ1) is 9.42. The van der Waals surface area contributed by atoms with Gasteiger partial charge >= 0.3 is 5.97 Å². The van der Waals surface area contributed by atoms with E-state index in [0.717, 1.165) is 16.9 Å². The number of hydrogen-bond acceptors (Lipinski definition) is 3. The van der Waals surface area contributed by atoms with E-state index >= 15 is 0 Å². The summed E-state index contributed by atoms with van der Waals surface area (Å²) in [5.41, 5.74) is 1.40. The fourth-order valence-corrected chi connectivity index (χ4v) is 2.06. The van der Waals surface area contributed by atoms with Gasteiger partial charge in [0.1, 0.15) is 5.82 Å². The van der Waals surface area contributed by atoms with Gasteiger partial charge in [-0.15, -0.1) is 0 Å². The van der Waals surface area contributed by atoms with Crippen LogP contribution in [0.1, 0.15) is 26.1 Å². The van der Waals surface area contributed by atoms with Crippen LogP contribution in [-0.4, -0.2) is 27.2 Å². The molecule has 1 heterocycles. The minimum absolute atomic E-state index is 0.590. The van der Waals surface area contributed by atoms with Crippen LogP contribution in [0.2, 0.25) is 0 Å². The van der Waals surface area contributed by atoms with Crippen LogP contribution in [0.4, 0.5) is 0 Å². The molecule has 0 bridgehead atoms. The van der Waals surface area contributed by atoms with E-state index in [9.17, 15) is 4.79 Å². The van der Waals surface area contributed by atoms with Crippen molar-refractivity contribution in [2.75, 3.05) is 6.54 Å². The molecular weight excluding hydrogens is 254 g/mol. The zero-order valence-electron chi connectivity index (χ0n) is 12.2. The van der Waals surface area contributed by atoms with E-state index in [-0.39, 0.29) is 0 Å². The SMILES string of the molecule is Cn1c(CNCCC(C)(C)C(=O)O)nc2ccccc21. The van der Waals surface area contributed by atoms with Crippen LogP contribution in [0.3, 0.4) is 0 Å². The minimum atomic E-state index is -0.762. The van der Waals surface area contributed by atoms with Crippen molar-refractivity contribution in [3.63, 3.8) is 0 Å². The van der Waals surface area contributed by atoms with Crippen LogP contribution < -0.4 is 5.32 Å². The summed E-state index contributed by atoms with van der Waals surface area (Å²) in [4.78, 5) is 15.6. The van der Waals surface area contributed by atoms with Gasteiger partial charge in [-0.1, -0.05) is 12.1 Å². The number of hydrogen-bond donors (Lipinski definition) is 2. The van der Waals surface area contributed by atoms with E-state index in [1.54, 1.807) is 13.8 Å². The zero-order chi connectivity index (χ0) is 14.8. The quantitative estimate of drug-likeness (QED) is 0.793. The molecule has 108 valence electrons. The normalized spacial score (nSPS) is 11.9. The van der Waals surface area contributed by atoms with Crippen LogP contribution in [0.15, 0.2) is 24.3 Å². The molecule has 0 aliphatic heterocycles. The number of nitrogens with zero attached hydrogens (tertiary/aromatic N) is 2. The smallest absolute Gasteiger partial charge is 0.309 e. The lowest BCUT2D eigenvalue weighted by Crippen LogP contribution is -2.29. The molecule has 0 saturated carbocycles. The number of aromatic nitrogens is 2. The predicted molar refractivity (Wildman–Crippen MR) is 78.5 cm³/mol. The number of rotatable bonds is 6. The third-order valence-electron chi connectivity index (χ3n) is 3.67. The van der Waals surface area contributed by atoms with Gasteiger partial charge < -0.3 is 15.0 Å². The Balaban J connectivity index is 1.94. The van der Waals surface area contributed by atoms with Crippen molar-refractivity contribution < 1.29 is 9.90 Å². The van der Waals surface area contributed by atoms with Crippen molar-refractivity contribution in [3.8, 4) is 0 Å². The number of aryl methyl sites for hydroxylation is 1. The topological polar surface area (TPSA) is 67.2 Å². The monoisotopic (exact) mass is 275 g/mol. The molecule has 2 rings (SSSR count). The highest BCUT2D eigenvalue weighted by Gasteiger charge is 2.26. The standard InChI is InChI=1S/C15H21N3O2/c1-15(2,14(19)20)8-9-16-10-13-17-11-6-4-5-7-12(11)18(13)3/h4-7,16H,8-10H2,1-3H3,(H,19,20). The molecule has 0 spiro atoms. The van der Waals surface area contributed by atoms with Crippen molar-refractivity contribution in [1.82, 2.24) is 14.9 Å². The Labute approximate surface area is 118 Å². The van der Waals surface area contributed by atoms with Gasteiger partial charge in [0.15, 0.2) is 0 Å². The molecule has 0 amide bonds. The van der Waals surface area contributed by atoms with Gasteiger partial charge in [0, 0.05) is 7.05 Å². The summed E-state index contributed by atoms with van der Waals surface area (Å²) in [5, 5.41) is 12.3. The second-order valence-corrected chi connectivity index (χ2v) is 5.69. The molecular formula is C15H21N3O2. The van der Waals surface area contributed by atoms with Crippen molar-refractivity contribution in [1.29, 1.82) is 0 Å². The molecule has 0 aliphatic carbocycles. The fraction of sp³-hybridized carbons (Fsp3) is 0.467. The lowest BCUT2D eigenvalue weighted by molar-refractivity contribution is -0.147. The number of nitrogens with one attached hydrogen (secondary N) is 1. The molecule has 20 heavy (non-hydrogen) atoms. The first-order valence-corrected chi connectivity index (χ1v) is 6.76. The lowest BCUT2D eigenvalue weighted by Gasteiger charge is -2.18. The van der Waals surface area contributed by atoms with Gasteiger partial charge in [-0.2, -0.15) is 0 Å². The molecule has 0 unspecified atom stereocenters. The fourth-order valence-electron chi connectivity index (χ4n) is 2.06.